The quantitative estimate of drug-likeness (QED) is 0.703. The van der Waals surface area contributed by atoms with Gasteiger partial charge in [0.15, 0.2) is 0 Å². The molecule has 1 amide bonds. The second-order valence-corrected chi connectivity index (χ2v) is 5.50. The van der Waals surface area contributed by atoms with Crippen molar-refractivity contribution in [2.75, 3.05) is 13.7 Å². The van der Waals surface area contributed by atoms with Gasteiger partial charge in [-0.3, -0.25) is 4.79 Å². The minimum Gasteiger partial charge on any atom is -0.497 e. The molecule has 0 fully saturated rings. The molecular formula is C19H18FN3O2. The van der Waals surface area contributed by atoms with Crippen LogP contribution in [0.2, 0.25) is 0 Å². The largest absolute Gasteiger partial charge is 0.497 e. The Bertz CT molecular complexity index is 918. The average molecular weight is 339 g/mol. The van der Waals surface area contributed by atoms with Crippen LogP contribution in [0.4, 0.5) is 4.39 Å². The molecule has 1 aromatic carbocycles. The Labute approximate surface area is 144 Å². The summed E-state index contributed by atoms with van der Waals surface area (Å²) in [6.07, 6.45) is 6.92. The third-order valence-corrected chi connectivity index (χ3v) is 3.67. The minimum absolute atomic E-state index is 0.183. The number of ether oxygens (including phenoxy) is 1. The fraction of sp³-hybridized carbons (Fsp3) is 0.158. The molecule has 128 valence electrons. The van der Waals surface area contributed by atoms with Gasteiger partial charge in [-0.1, -0.05) is 12.1 Å². The summed E-state index contributed by atoms with van der Waals surface area (Å²) in [6.45, 7) is 0.452. The Morgan fingerprint density at radius 1 is 1.32 bits per heavy atom. The Balaban J connectivity index is 1.52. The third kappa shape index (κ3) is 4.44. The van der Waals surface area contributed by atoms with Gasteiger partial charge in [-0.25, -0.2) is 9.37 Å². The molecule has 0 saturated heterocycles. The molecule has 0 bridgehead atoms. The predicted octanol–water partition coefficient (Wildman–Crippen LogP) is 2.85. The number of rotatable bonds is 6. The smallest absolute Gasteiger partial charge is 0.244 e. The van der Waals surface area contributed by atoms with E-state index in [1.54, 1.807) is 29.8 Å². The molecule has 3 aromatic rings. The molecular weight excluding hydrogens is 321 g/mol. The first-order chi connectivity index (χ1) is 12.1. The molecule has 0 unspecified atom stereocenters. The van der Waals surface area contributed by atoms with Gasteiger partial charge in [0, 0.05) is 31.4 Å². The number of amides is 1. The summed E-state index contributed by atoms with van der Waals surface area (Å²) in [6, 6.07) is 10.4. The lowest BCUT2D eigenvalue weighted by Crippen LogP contribution is -2.23. The predicted molar refractivity (Wildman–Crippen MR) is 93.9 cm³/mol. The molecule has 1 N–H and O–H groups in total. The van der Waals surface area contributed by atoms with Gasteiger partial charge in [0.2, 0.25) is 5.91 Å². The number of carbonyl (C=O) groups excluding carboxylic acids is 1. The van der Waals surface area contributed by atoms with Crippen molar-refractivity contribution in [3.63, 3.8) is 0 Å². The van der Waals surface area contributed by atoms with Gasteiger partial charge in [-0.05, 0) is 35.9 Å². The number of nitrogens with zero attached hydrogens (tertiary/aromatic N) is 2. The van der Waals surface area contributed by atoms with Gasteiger partial charge >= 0.3 is 0 Å². The molecule has 2 aromatic heterocycles. The number of imidazole rings is 1. The first-order valence-electron chi connectivity index (χ1n) is 7.87. The van der Waals surface area contributed by atoms with Crippen LogP contribution < -0.4 is 10.1 Å². The number of pyridine rings is 1. The molecule has 0 spiro atoms. The molecule has 0 aliphatic heterocycles. The van der Waals surface area contributed by atoms with E-state index in [-0.39, 0.29) is 11.7 Å². The van der Waals surface area contributed by atoms with Crippen molar-refractivity contribution in [1.29, 1.82) is 0 Å². The maximum atomic E-state index is 13.2. The molecule has 0 saturated carbocycles. The van der Waals surface area contributed by atoms with Crippen molar-refractivity contribution in [2.24, 2.45) is 0 Å². The number of carbonyl (C=O) groups is 1. The fourth-order valence-corrected chi connectivity index (χ4v) is 2.43. The normalized spacial score (nSPS) is 11.1. The van der Waals surface area contributed by atoms with Crippen molar-refractivity contribution in [2.45, 2.75) is 6.42 Å². The maximum Gasteiger partial charge on any atom is 0.244 e. The number of halogens is 1. The second-order valence-electron chi connectivity index (χ2n) is 5.50. The first kappa shape index (κ1) is 16.7. The van der Waals surface area contributed by atoms with E-state index in [4.69, 9.17) is 4.74 Å². The first-order valence-corrected chi connectivity index (χ1v) is 7.87. The minimum atomic E-state index is -0.313. The summed E-state index contributed by atoms with van der Waals surface area (Å²) in [5, 5.41) is 2.81. The lowest BCUT2D eigenvalue weighted by molar-refractivity contribution is -0.116. The van der Waals surface area contributed by atoms with E-state index in [9.17, 15) is 9.18 Å². The van der Waals surface area contributed by atoms with Gasteiger partial charge in [0.05, 0.1) is 12.8 Å². The van der Waals surface area contributed by atoms with Crippen LogP contribution in [0, 0.1) is 5.82 Å². The molecule has 0 radical (unpaired) electrons. The molecule has 0 aliphatic rings. The molecule has 3 rings (SSSR count). The summed E-state index contributed by atoms with van der Waals surface area (Å²) < 4.78 is 19.9. The van der Waals surface area contributed by atoms with E-state index in [0.29, 0.717) is 18.6 Å². The highest BCUT2D eigenvalue weighted by Gasteiger charge is 2.03. The lowest BCUT2D eigenvalue weighted by Gasteiger charge is -2.01. The average Bonchev–Trinajstić information content (AvgIpc) is 3.02. The Hall–Kier alpha value is -3.15. The summed E-state index contributed by atoms with van der Waals surface area (Å²) in [5.74, 6) is 0.246. The maximum absolute atomic E-state index is 13.2. The van der Waals surface area contributed by atoms with Crippen molar-refractivity contribution in [3.05, 3.63) is 71.9 Å². The van der Waals surface area contributed by atoms with Crippen LogP contribution in [0.25, 0.3) is 11.7 Å². The third-order valence-electron chi connectivity index (χ3n) is 3.67. The van der Waals surface area contributed by atoms with E-state index in [2.05, 4.69) is 10.3 Å². The highest BCUT2D eigenvalue weighted by molar-refractivity contribution is 5.91. The highest BCUT2D eigenvalue weighted by atomic mass is 19.1. The van der Waals surface area contributed by atoms with E-state index in [1.807, 2.05) is 24.3 Å². The summed E-state index contributed by atoms with van der Waals surface area (Å²) >= 11 is 0. The van der Waals surface area contributed by atoms with Gasteiger partial charge in [0.25, 0.3) is 0 Å². The molecule has 6 heteroatoms. The van der Waals surface area contributed by atoms with Crippen LogP contribution in [0.1, 0.15) is 11.3 Å². The number of benzene rings is 1. The van der Waals surface area contributed by atoms with Crippen LogP contribution in [0.15, 0.2) is 54.9 Å². The summed E-state index contributed by atoms with van der Waals surface area (Å²) in [7, 11) is 1.60. The number of methoxy groups -OCH3 is 1. The topological polar surface area (TPSA) is 55.6 Å². The number of nitrogens with one attached hydrogen (secondary N) is 1. The van der Waals surface area contributed by atoms with Gasteiger partial charge in [-0.15, -0.1) is 0 Å². The highest BCUT2D eigenvalue weighted by Crippen LogP contribution is 2.13. The molecule has 25 heavy (non-hydrogen) atoms. The van der Waals surface area contributed by atoms with Gasteiger partial charge in [0.1, 0.15) is 17.2 Å². The van der Waals surface area contributed by atoms with Gasteiger partial charge < -0.3 is 14.5 Å². The fourth-order valence-electron chi connectivity index (χ4n) is 2.43. The van der Waals surface area contributed by atoms with Gasteiger partial charge in [-0.2, -0.15) is 0 Å². The molecule has 0 atom stereocenters. The van der Waals surface area contributed by atoms with Crippen molar-refractivity contribution >= 4 is 17.6 Å². The number of hydrogen-bond acceptors (Lipinski definition) is 3. The van der Waals surface area contributed by atoms with Crippen LogP contribution in [-0.2, 0) is 11.2 Å². The Morgan fingerprint density at radius 3 is 3.04 bits per heavy atom. The van der Waals surface area contributed by atoms with E-state index < -0.39 is 0 Å². The zero-order valence-corrected chi connectivity index (χ0v) is 13.8. The second kappa shape index (κ2) is 7.61. The standard InChI is InChI=1S/C19H18FN3O2/c1-25-17-4-2-3-14(11-17)5-8-19(24)21-10-9-16-13-23-12-15(20)6-7-18(23)22-16/h2-8,11-13H,9-10H2,1H3,(H,21,24)/b8-5+. The van der Waals surface area contributed by atoms with Crippen LogP contribution in [0.3, 0.4) is 0 Å². The van der Waals surface area contributed by atoms with E-state index in [0.717, 1.165) is 17.0 Å². The summed E-state index contributed by atoms with van der Waals surface area (Å²) in [4.78, 5) is 16.2. The zero-order valence-electron chi connectivity index (χ0n) is 13.8. The van der Waals surface area contributed by atoms with E-state index in [1.165, 1.54) is 18.3 Å². The number of aromatic nitrogens is 2. The lowest BCUT2D eigenvalue weighted by atomic mass is 10.2. The van der Waals surface area contributed by atoms with E-state index >= 15 is 0 Å². The van der Waals surface area contributed by atoms with Crippen molar-refractivity contribution in [3.8, 4) is 5.75 Å². The van der Waals surface area contributed by atoms with Crippen LogP contribution in [0.5, 0.6) is 5.75 Å². The van der Waals surface area contributed by atoms with Crippen LogP contribution in [-0.4, -0.2) is 28.9 Å². The monoisotopic (exact) mass is 339 g/mol. The summed E-state index contributed by atoms with van der Waals surface area (Å²) in [5.41, 5.74) is 2.36. The Morgan fingerprint density at radius 2 is 2.20 bits per heavy atom. The molecule has 2 heterocycles. The van der Waals surface area contributed by atoms with Crippen molar-refractivity contribution in [1.82, 2.24) is 14.7 Å². The SMILES string of the molecule is COc1cccc(/C=C/C(=O)NCCc2cn3cc(F)ccc3n2)c1. The Kier molecular flexibility index (Phi) is 5.09. The molecule has 5 nitrogen and oxygen atoms in total. The number of hydrogen-bond donors (Lipinski definition) is 1. The van der Waals surface area contributed by atoms with Crippen molar-refractivity contribution < 1.29 is 13.9 Å². The molecule has 0 aliphatic carbocycles. The zero-order chi connectivity index (χ0) is 17.6. The number of fused-ring (bicyclic) bond motifs is 1. The van der Waals surface area contributed by atoms with Crippen LogP contribution >= 0.6 is 0 Å².